The fourth-order valence-corrected chi connectivity index (χ4v) is 1.23. The number of aryl methyl sites for hydroxylation is 2. The highest BCUT2D eigenvalue weighted by Gasteiger charge is 2.02. The molecule has 0 amide bonds. The molecule has 0 aromatic carbocycles. The van der Waals surface area contributed by atoms with E-state index in [-0.39, 0.29) is 16.9 Å². The van der Waals surface area contributed by atoms with Crippen LogP contribution in [0.2, 0.25) is 0 Å². The number of aromatic nitrogens is 3. The summed E-state index contributed by atoms with van der Waals surface area (Å²) < 4.78 is 1.34. The molecule has 72 valence electrons. The van der Waals surface area contributed by atoms with Gasteiger partial charge in [0.2, 0.25) is 5.78 Å². The van der Waals surface area contributed by atoms with Gasteiger partial charge in [0.25, 0.3) is 11.1 Å². The lowest BCUT2D eigenvalue weighted by Gasteiger charge is -2.00. The van der Waals surface area contributed by atoms with Crippen molar-refractivity contribution in [2.24, 2.45) is 0 Å². The summed E-state index contributed by atoms with van der Waals surface area (Å²) in [7, 11) is 0. The maximum Gasteiger partial charge on any atom is 0.261 e. The molecule has 0 spiro atoms. The minimum Gasteiger partial charge on any atom is -0.292 e. The van der Waals surface area contributed by atoms with Crippen LogP contribution in [0.25, 0.3) is 5.78 Å². The molecule has 14 heavy (non-hydrogen) atoms. The van der Waals surface area contributed by atoms with Gasteiger partial charge in [-0.15, -0.1) is 0 Å². The van der Waals surface area contributed by atoms with Gasteiger partial charge >= 0.3 is 0 Å². The average molecular weight is 191 g/mol. The first kappa shape index (κ1) is 8.68. The second kappa shape index (κ2) is 2.80. The standard InChI is InChI=1S/C9H9N3O2/c1-5-3-10-9-11-7(13)6(2)4-12(9)8(5)14/h3-4H,1-2H3,(H,10,11,13). The largest absolute Gasteiger partial charge is 0.292 e. The molecule has 1 N–H and O–H groups in total. The van der Waals surface area contributed by atoms with Crippen molar-refractivity contribution >= 4 is 5.78 Å². The van der Waals surface area contributed by atoms with Crippen molar-refractivity contribution in [3.8, 4) is 0 Å². The molecule has 0 aliphatic heterocycles. The van der Waals surface area contributed by atoms with Crippen molar-refractivity contribution < 1.29 is 0 Å². The fourth-order valence-electron chi connectivity index (χ4n) is 1.23. The van der Waals surface area contributed by atoms with Gasteiger partial charge in [-0.3, -0.25) is 19.0 Å². The number of nitrogens with zero attached hydrogens (tertiary/aromatic N) is 2. The Morgan fingerprint density at radius 1 is 1.29 bits per heavy atom. The molecule has 2 rings (SSSR count). The minimum atomic E-state index is -0.222. The van der Waals surface area contributed by atoms with E-state index >= 15 is 0 Å². The highest BCUT2D eigenvalue weighted by Crippen LogP contribution is 1.92. The van der Waals surface area contributed by atoms with Gasteiger partial charge in [0.05, 0.1) is 0 Å². The van der Waals surface area contributed by atoms with Gasteiger partial charge < -0.3 is 0 Å². The smallest absolute Gasteiger partial charge is 0.261 e. The van der Waals surface area contributed by atoms with E-state index in [0.29, 0.717) is 11.1 Å². The number of nitrogens with one attached hydrogen (secondary N) is 1. The highest BCUT2D eigenvalue weighted by molar-refractivity contribution is 5.29. The molecule has 5 nitrogen and oxygen atoms in total. The molecule has 0 aliphatic carbocycles. The maximum atomic E-state index is 11.6. The molecular formula is C9H9N3O2. The van der Waals surface area contributed by atoms with Gasteiger partial charge in [-0.05, 0) is 13.8 Å². The number of H-pyrrole nitrogens is 1. The Morgan fingerprint density at radius 3 is 2.71 bits per heavy atom. The van der Waals surface area contributed by atoms with Crippen LogP contribution in [0.5, 0.6) is 0 Å². The quantitative estimate of drug-likeness (QED) is 0.637. The summed E-state index contributed by atoms with van der Waals surface area (Å²) in [5.41, 5.74) is 0.663. The SMILES string of the molecule is Cc1cn2c(=O)c(C)cnc2[nH]c1=O. The second-order valence-corrected chi connectivity index (χ2v) is 3.21. The Labute approximate surface area is 79.1 Å². The summed E-state index contributed by atoms with van der Waals surface area (Å²) in [6.45, 7) is 3.33. The van der Waals surface area contributed by atoms with Crippen LogP contribution in [0, 0.1) is 13.8 Å². The monoisotopic (exact) mass is 191 g/mol. The Balaban J connectivity index is 3.05. The van der Waals surface area contributed by atoms with Gasteiger partial charge in [0.1, 0.15) is 0 Å². The summed E-state index contributed by atoms with van der Waals surface area (Å²) in [5, 5.41) is 0. The van der Waals surface area contributed by atoms with Crippen LogP contribution in [0.3, 0.4) is 0 Å². The topological polar surface area (TPSA) is 67.2 Å². The van der Waals surface area contributed by atoms with Crippen molar-refractivity contribution in [1.82, 2.24) is 14.4 Å². The van der Waals surface area contributed by atoms with Crippen LogP contribution in [-0.4, -0.2) is 14.4 Å². The van der Waals surface area contributed by atoms with Gasteiger partial charge in [-0.25, -0.2) is 4.98 Å². The molecule has 2 aromatic heterocycles. The zero-order valence-electron chi connectivity index (χ0n) is 7.87. The van der Waals surface area contributed by atoms with E-state index in [1.807, 2.05) is 0 Å². The lowest BCUT2D eigenvalue weighted by Crippen LogP contribution is -2.23. The van der Waals surface area contributed by atoms with Crippen molar-refractivity contribution in [2.45, 2.75) is 13.8 Å². The Bertz CT molecular complexity index is 609. The summed E-state index contributed by atoms with van der Waals surface area (Å²) in [4.78, 5) is 29.3. The second-order valence-electron chi connectivity index (χ2n) is 3.21. The van der Waals surface area contributed by atoms with Gasteiger partial charge in [0, 0.05) is 23.5 Å². The third-order valence-corrected chi connectivity index (χ3v) is 2.07. The molecule has 0 saturated carbocycles. The summed E-state index contributed by atoms with van der Waals surface area (Å²) >= 11 is 0. The van der Waals surface area contributed by atoms with E-state index in [1.165, 1.54) is 16.8 Å². The molecule has 0 saturated heterocycles. The lowest BCUT2D eigenvalue weighted by molar-refractivity contribution is 0.944. The van der Waals surface area contributed by atoms with Crippen molar-refractivity contribution in [2.75, 3.05) is 0 Å². The van der Waals surface area contributed by atoms with E-state index in [4.69, 9.17) is 0 Å². The summed E-state index contributed by atoms with van der Waals surface area (Å²) in [5.74, 6) is 0.274. The Kier molecular flexibility index (Phi) is 1.73. The number of hydrogen-bond donors (Lipinski definition) is 1. The Hall–Kier alpha value is -1.91. The van der Waals surface area contributed by atoms with Crippen LogP contribution in [0.4, 0.5) is 0 Å². The lowest BCUT2D eigenvalue weighted by atomic mass is 10.3. The molecule has 2 heterocycles. The van der Waals surface area contributed by atoms with E-state index in [9.17, 15) is 9.59 Å². The molecule has 2 aromatic rings. The predicted octanol–water partition coefficient (Wildman–Crippen LogP) is -0.000360. The van der Waals surface area contributed by atoms with Gasteiger partial charge in [0.15, 0.2) is 0 Å². The zero-order chi connectivity index (χ0) is 10.3. The molecule has 0 aliphatic rings. The van der Waals surface area contributed by atoms with E-state index in [2.05, 4.69) is 9.97 Å². The molecular weight excluding hydrogens is 182 g/mol. The van der Waals surface area contributed by atoms with Gasteiger partial charge in [-0.2, -0.15) is 0 Å². The van der Waals surface area contributed by atoms with Crippen molar-refractivity contribution in [3.63, 3.8) is 0 Å². The van der Waals surface area contributed by atoms with Crippen LogP contribution < -0.4 is 11.1 Å². The van der Waals surface area contributed by atoms with Crippen LogP contribution >= 0.6 is 0 Å². The molecule has 0 bridgehead atoms. The molecule has 0 atom stereocenters. The molecule has 5 heteroatoms. The van der Waals surface area contributed by atoms with Crippen molar-refractivity contribution in [3.05, 3.63) is 44.2 Å². The van der Waals surface area contributed by atoms with Crippen LogP contribution in [-0.2, 0) is 0 Å². The van der Waals surface area contributed by atoms with E-state index in [1.54, 1.807) is 13.8 Å². The van der Waals surface area contributed by atoms with E-state index in [0.717, 1.165) is 0 Å². The Morgan fingerprint density at radius 2 is 2.00 bits per heavy atom. The number of aromatic amines is 1. The first-order valence-corrected chi connectivity index (χ1v) is 4.17. The fraction of sp³-hybridized carbons (Fsp3) is 0.222. The molecule has 0 unspecified atom stereocenters. The number of fused-ring (bicyclic) bond motifs is 1. The van der Waals surface area contributed by atoms with Gasteiger partial charge in [-0.1, -0.05) is 0 Å². The normalized spacial score (nSPS) is 10.7. The maximum absolute atomic E-state index is 11.6. The van der Waals surface area contributed by atoms with Crippen molar-refractivity contribution in [1.29, 1.82) is 0 Å². The minimum absolute atomic E-state index is 0.158. The van der Waals surface area contributed by atoms with Crippen LogP contribution in [0.15, 0.2) is 22.0 Å². The highest BCUT2D eigenvalue weighted by atomic mass is 16.1. The van der Waals surface area contributed by atoms with Crippen LogP contribution in [0.1, 0.15) is 11.1 Å². The molecule has 0 fully saturated rings. The third-order valence-electron chi connectivity index (χ3n) is 2.07. The molecule has 0 radical (unpaired) electrons. The zero-order valence-corrected chi connectivity index (χ0v) is 7.87. The summed E-state index contributed by atoms with van der Waals surface area (Å²) in [6, 6.07) is 0. The van der Waals surface area contributed by atoms with E-state index < -0.39 is 0 Å². The predicted molar refractivity (Wildman–Crippen MR) is 51.6 cm³/mol. The average Bonchev–Trinajstić information content (AvgIpc) is 2.15. The number of hydrogen-bond acceptors (Lipinski definition) is 3. The summed E-state index contributed by atoms with van der Waals surface area (Å²) in [6.07, 6.45) is 2.94. The first-order valence-electron chi connectivity index (χ1n) is 4.17. The third kappa shape index (κ3) is 1.14. The number of rotatable bonds is 0. The first-order chi connectivity index (χ1) is 6.59.